The van der Waals surface area contributed by atoms with E-state index in [1.807, 2.05) is 0 Å². The standard InChI is InChI=1S/C3H7NOS/c1-6(2,5)3-4/h5H,1-2H3/p-1. The van der Waals surface area contributed by atoms with Crippen LogP contribution >= 0.6 is 10.3 Å². The van der Waals surface area contributed by atoms with Crippen molar-refractivity contribution >= 4 is 10.3 Å². The number of rotatable bonds is 0. The molecule has 0 bridgehead atoms. The van der Waals surface area contributed by atoms with Crippen LogP contribution in [-0.4, -0.2) is 17.1 Å². The first-order valence-corrected chi connectivity index (χ1v) is 3.79. The first-order valence-electron chi connectivity index (χ1n) is 1.41. The molecule has 6 heavy (non-hydrogen) atoms. The zero-order chi connectivity index (χ0) is 5.21. The molecule has 0 aliphatic rings. The maximum Gasteiger partial charge on any atom is 0.0989 e. The normalized spacial score (nSPS) is 13.0. The molecule has 0 rings (SSSR count). The molecule has 0 spiro atoms. The lowest BCUT2D eigenvalue weighted by molar-refractivity contribution is 0.603. The molecule has 0 saturated carbocycles. The molecule has 0 radical (unpaired) electrons. The largest absolute Gasteiger partial charge is 0.802 e. The molecule has 36 valence electrons. The first-order chi connectivity index (χ1) is 2.56. The van der Waals surface area contributed by atoms with Crippen LogP contribution < -0.4 is 0 Å². The molecular formula is C3H6NOS-. The Morgan fingerprint density at radius 3 is 1.83 bits per heavy atom. The third kappa shape index (κ3) is 3.80. The summed E-state index contributed by atoms with van der Waals surface area (Å²) in [6.45, 7) is 0. The van der Waals surface area contributed by atoms with E-state index in [2.05, 4.69) is 0 Å². The molecule has 0 aromatic rings. The number of nitrogens with zero attached hydrogens (tertiary/aromatic N) is 1. The van der Waals surface area contributed by atoms with Crippen LogP contribution in [0.4, 0.5) is 0 Å². The number of hydrogen-bond acceptors (Lipinski definition) is 2. The lowest BCUT2D eigenvalue weighted by Gasteiger charge is -2.27. The second-order valence-electron chi connectivity index (χ2n) is 1.32. The van der Waals surface area contributed by atoms with Gasteiger partial charge in [0.2, 0.25) is 0 Å². The highest BCUT2D eigenvalue weighted by atomic mass is 32.3. The summed E-state index contributed by atoms with van der Waals surface area (Å²) in [5.74, 6) is 0. The van der Waals surface area contributed by atoms with Crippen LogP contribution in [0.5, 0.6) is 0 Å². The molecule has 2 nitrogen and oxygen atoms in total. The van der Waals surface area contributed by atoms with E-state index < -0.39 is 10.3 Å². The molecule has 0 unspecified atom stereocenters. The monoisotopic (exact) mass is 104 g/mol. The van der Waals surface area contributed by atoms with Crippen LogP contribution in [0.15, 0.2) is 0 Å². The third-order valence-corrected chi connectivity index (χ3v) is 0.660. The van der Waals surface area contributed by atoms with Crippen LogP contribution in [0.2, 0.25) is 0 Å². The summed E-state index contributed by atoms with van der Waals surface area (Å²) < 4.78 is 10.2. The Balaban J connectivity index is 3.55. The quantitative estimate of drug-likeness (QED) is 0.424. The maximum atomic E-state index is 10.2. The summed E-state index contributed by atoms with van der Waals surface area (Å²) >= 11 is 0. The van der Waals surface area contributed by atoms with Crippen molar-refractivity contribution in [2.45, 2.75) is 0 Å². The van der Waals surface area contributed by atoms with Crippen LogP contribution in [0.3, 0.4) is 0 Å². The van der Waals surface area contributed by atoms with Gasteiger partial charge in [0.05, 0.1) is 5.40 Å². The molecule has 0 aliphatic carbocycles. The predicted molar refractivity (Wildman–Crippen MR) is 25.8 cm³/mol. The smallest absolute Gasteiger partial charge is 0.0989 e. The fourth-order valence-electron chi connectivity index (χ4n) is 0. The molecule has 0 aromatic heterocycles. The highest BCUT2D eigenvalue weighted by Crippen LogP contribution is 2.30. The van der Waals surface area contributed by atoms with Gasteiger partial charge in [-0.25, -0.2) is 10.3 Å². The van der Waals surface area contributed by atoms with Gasteiger partial charge in [-0.05, 0) is 12.5 Å². The minimum atomic E-state index is -2.11. The summed E-state index contributed by atoms with van der Waals surface area (Å²) in [4.78, 5) is 0. The van der Waals surface area contributed by atoms with E-state index in [0.29, 0.717) is 0 Å². The molecule has 0 aromatic carbocycles. The Morgan fingerprint density at radius 2 is 1.83 bits per heavy atom. The SMILES string of the molecule is CS(C)([O-])C#N. The highest BCUT2D eigenvalue weighted by molar-refractivity contribution is 8.31. The molecule has 0 atom stereocenters. The molecule has 0 amide bonds. The van der Waals surface area contributed by atoms with Crippen molar-refractivity contribution in [2.75, 3.05) is 12.5 Å². The van der Waals surface area contributed by atoms with Gasteiger partial charge >= 0.3 is 0 Å². The minimum Gasteiger partial charge on any atom is -0.802 e. The van der Waals surface area contributed by atoms with Crippen LogP contribution in [-0.2, 0) is 0 Å². The Morgan fingerprint density at radius 1 is 1.67 bits per heavy atom. The zero-order valence-corrected chi connectivity index (χ0v) is 4.58. The van der Waals surface area contributed by atoms with Gasteiger partial charge in [-0.3, -0.25) is 0 Å². The van der Waals surface area contributed by atoms with Gasteiger partial charge in [0.15, 0.2) is 0 Å². The fraction of sp³-hybridized carbons (Fsp3) is 0.667. The van der Waals surface area contributed by atoms with Crippen molar-refractivity contribution < 1.29 is 4.55 Å². The van der Waals surface area contributed by atoms with Crippen molar-refractivity contribution in [3.05, 3.63) is 0 Å². The summed E-state index contributed by atoms with van der Waals surface area (Å²) in [5.41, 5.74) is 0. The number of nitriles is 1. The second-order valence-corrected chi connectivity index (χ2v) is 3.97. The molecule has 0 N–H and O–H groups in total. The van der Waals surface area contributed by atoms with Gasteiger partial charge in [-0.2, -0.15) is 5.26 Å². The predicted octanol–water partition coefficient (Wildman–Crippen LogP) is 0.662. The summed E-state index contributed by atoms with van der Waals surface area (Å²) in [5, 5.41) is 9.51. The van der Waals surface area contributed by atoms with Crippen molar-refractivity contribution in [3.63, 3.8) is 0 Å². The third-order valence-electron chi connectivity index (χ3n) is 0.220. The zero-order valence-electron chi connectivity index (χ0n) is 3.76. The summed E-state index contributed by atoms with van der Waals surface area (Å²) in [6, 6.07) is 0. The Hall–Kier alpha value is -0.200. The van der Waals surface area contributed by atoms with E-state index in [4.69, 9.17) is 5.26 Å². The van der Waals surface area contributed by atoms with Crippen LogP contribution in [0, 0.1) is 10.7 Å². The van der Waals surface area contributed by atoms with Gasteiger partial charge < -0.3 is 4.55 Å². The van der Waals surface area contributed by atoms with Crippen molar-refractivity contribution in [1.82, 2.24) is 0 Å². The lowest BCUT2D eigenvalue weighted by atomic mass is 11.8. The summed E-state index contributed by atoms with van der Waals surface area (Å²) in [6.07, 6.45) is 2.82. The summed E-state index contributed by atoms with van der Waals surface area (Å²) in [7, 11) is -2.11. The Labute approximate surface area is 38.9 Å². The van der Waals surface area contributed by atoms with Crippen molar-refractivity contribution in [3.8, 4) is 5.40 Å². The Kier molecular flexibility index (Phi) is 1.45. The van der Waals surface area contributed by atoms with E-state index in [-0.39, 0.29) is 0 Å². The van der Waals surface area contributed by atoms with E-state index in [1.54, 1.807) is 5.40 Å². The lowest BCUT2D eigenvalue weighted by Crippen LogP contribution is -1.84. The maximum absolute atomic E-state index is 10.2. The van der Waals surface area contributed by atoms with Gasteiger partial charge in [0, 0.05) is 0 Å². The number of thiocyanates is 1. The molecule has 3 heteroatoms. The van der Waals surface area contributed by atoms with Gasteiger partial charge in [-0.1, -0.05) is 0 Å². The van der Waals surface area contributed by atoms with Gasteiger partial charge in [0.1, 0.15) is 0 Å². The average Bonchev–Trinajstić information content (AvgIpc) is 1.35. The van der Waals surface area contributed by atoms with Crippen LogP contribution in [0.25, 0.3) is 0 Å². The first kappa shape index (κ1) is 5.80. The average molecular weight is 104 g/mol. The highest BCUT2D eigenvalue weighted by Gasteiger charge is 1.84. The Bertz CT molecular complexity index is 77.8. The minimum absolute atomic E-state index is 1.41. The van der Waals surface area contributed by atoms with Crippen molar-refractivity contribution in [1.29, 1.82) is 5.26 Å². The molecule has 0 fully saturated rings. The van der Waals surface area contributed by atoms with E-state index in [0.717, 1.165) is 0 Å². The van der Waals surface area contributed by atoms with Gasteiger partial charge in [0.25, 0.3) is 0 Å². The van der Waals surface area contributed by atoms with Crippen LogP contribution in [0.1, 0.15) is 0 Å². The van der Waals surface area contributed by atoms with E-state index >= 15 is 0 Å². The fourth-order valence-corrected chi connectivity index (χ4v) is 0. The van der Waals surface area contributed by atoms with Gasteiger partial charge in [-0.15, -0.1) is 0 Å². The van der Waals surface area contributed by atoms with E-state index in [9.17, 15) is 4.55 Å². The molecule has 0 aliphatic heterocycles. The topological polar surface area (TPSA) is 46.8 Å². The molecule has 0 heterocycles. The second kappa shape index (κ2) is 1.50. The van der Waals surface area contributed by atoms with E-state index in [1.165, 1.54) is 12.5 Å². The molecule has 0 saturated heterocycles. The van der Waals surface area contributed by atoms with Crippen molar-refractivity contribution in [2.24, 2.45) is 0 Å². The molecular weight excluding hydrogens is 98.1 g/mol. The number of hydrogen-bond donors (Lipinski definition) is 0.